The number of aromatic nitrogens is 1. The van der Waals surface area contributed by atoms with Gasteiger partial charge in [0, 0.05) is 11.6 Å². The van der Waals surface area contributed by atoms with Gasteiger partial charge in [-0.15, -0.1) is 0 Å². The molecule has 0 unspecified atom stereocenters. The maximum atomic E-state index is 4.66. The molecule has 0 aliphatic heterocycles. The van der Waals surface area contributed by atoms with Gasteiger partial charge in [0.05, 0.1) is 5.52 Å². The molecule has 1 nitrogen and oxygen atoms in total. The lowest BCUT2D eigenvalue weighted by Gasteiger charge is -2.24. The van der Waals surface area contributed by atoms with Crippen LogP contribution >= 0.6 is 0 Å². The Kier molecular flexibility index (Phi) is 9.93. The van der Waals surface area contributed by atoms with Crippen molar-refractivity contribution in [3.63, 3.8) is 0 Å². The first-order valence-electron chi connectivity index (χ1n) is 22.7. The molecule has 11 aromatic carbocycles. The number of hydrogen-bond donors (Lipinski definition) is 0. The highest BCUT2D eigenvalue weighted by Crippen LogP contribution is 2.51. The average molecular weight is 838 g/mol. The van der Waals surface area contributed by atoms with Gasteiger partial charge in [0.1, 0.15) is 0 Å². The lowest BCUT2D eigenvalue weighted by Crippen LogP contribution is -1.98. The molecule has 0 aliphatic carbocycles. The van der Waals surface area contributed by atoms with E-state index in [4.69, 9.17) is 0 Å². The van der Waals surface area contributed by atoms with Gasteiger partial charge in [0.25, 0.3) is 0 Å². The highest BCUT2D eigenvalue weighted by Gasteiger charge is 2.24. The van der Waals surface area contributed by atoms with Crippen LogP contribution in [0.5, 0.6) is 0 Å². The number of hydrogen-bond acceptors (Lipinski definition) is 1. The van der Waals surface area contributed by atoms with Gasteiger partial charge in [-0.1, -0.05) is 231 Å². The summed E-state index contributed by atoms with van der Waals surface area (Å²) in [6, 6.07) is 92.9. The molecule has 1 heteroatoms. The van der Waals surface area contributed by atoms with Gasteiger partial charge in [-0.2, -0.15) is 0 Å². The molecule has 66 heavy (non-hydrogen) atoms. The zero-order valence-electron chi connectivity index (χ0n) is 36.3. The van der Waals surface area contributed by atoms with Crippen LogP contribution in [0.15, 0.2) is 261 Å². The number of fused-ring (bicyclic) bond motifs is 3. The van der Waals surface area contributed by atoms with Crippen LogP contribution in [0.4, 0.5) is 0 Å². The summed E-state index contributed by atoms with van der Waals surface area (Å²) in [5.74, 6) is 0. The van der Waals surface area contributed by atoms with E-state index in [-0.39, 0.29) is 0 Å². The van der Waals surface area contributed by atoms with E-state index in [0.717, 1.165) is 22.0 Å². The van der Waals surface area contributed by atoms with Gasteiger partial charge in [0.15, 0.2) is 0 Å². The maximum absolute atomic E-state index is 4.66. The van der Waals surface area contributed by atoms with Crippen LogP contribution in [0, 0.1) is 0 Å². The van der Waals surface area contributed by atoms with Crippen LogP contribution in [0.1, 0.15) is 0 Å². The van der Waals surface area contributed by atoms with Crippen molar-refractivity contribution >= 4 is 32.4 Å². The van der Waals surface area contributed by atoms with Crippen molar-refractivity contribution in [2.45, 2.75) is 0 Å². The summed E-state index contributed by atoms with van der Waals surface area (Å²) in [6.07, 6.45) is 1.87. The highest BCUT2D eigenvalue weighted by atomic mass is 14.6. The number of benzene rings is 11. The minimum absolute atomic E-state index is 1.00. The van der Waals surface area contributed by atoms with Crippen LogP contribution in [-0.4, -0.2) is 4.98 Å². The van der Waals surface area contributed by atoms with E-state index >= 15 is 0 Å². The van der Waals surface area contributed by atoms with E-state index in [1.165, 1.54) is 99.4 Å². The molecule has 1 aromatic heterocycles. The van der Waals surface area contributed by atoms with Gasteiger partial charge in [0.2, 0.25) is 0 Å². The molecule has 0 spiro atoms. The molecule has 0 radical (unpaired) electrons. The average Bonchev–Trinajstić information content (AvgIpc) is 3.40. The Morgan fingerprint density at radius 3 is 1.14 bits per heavy atom. The quantitative estimate of drug-likeness (QED) is 0.139. The summed E-state index contributed by atoms with van der Waals surface area (Å²) in [5.41, 5.74) is 20.2. The van der Waals surface area contributed by atoms with Crippen LogP contribution in [-0.2, 0) is 0 Å². The smallest absolute Gasteiger partial charge is 0.0708 e. The van der Waals surface area contributed by atoms with Crippen LogP contribution in [0.25, 0.3) is 121 Å². The Hall–Kier alpha value is -8.65. The number of nitrogens with zero attached hydrogens (tertiary/aromatic N) is 1. The van der Waals surface area contributed by atoms with Crippen molar-refractivity contribution in [3.05, 3.63) is 261 Å². The Morgan fingerprint density at radius 1 is 0.212 bits per heavy atom. The summed E-state index contributed by atoms with van der Waals surface area (Å²) in [6.45, 7) is 0. The molecule has 0 saturated carbocycles. The molecular formula is C65H43N. The van der Waals surface area contributed by atoms with E-state index in [0.29, 0.717) is 0 Å². The number of pyridine rings is 1. The van der Waals surface area contributed by atoms with Crippen molar-refractivity contribution < 1.29 is 0 Å². The molecule has 308 valence electrons. The summed E-state index contributed by atoms with van der Waals surface area (Å²) in [7, 11) is 0. The fourth-order valence-corrected chi connectivity index (χ4v) is 10.1. The van der Waals surface area contributed by atoms with Crippen molar-refractivity contribution in [2.24, 2.45) is 0 Å². The summed E-state index contributed by atoms with van der Waals surface area (Å²) < 4.78 is 0. The summed E-state index contributed by atoms with van der Waals surface area (Å²) in [4.78, 5) is 4.66. The van der Waals surface area contributed by atoms with Crippen molar-refractivity contribution in [1.82, 2.24) is 4.98 Å². The monoisotopic (exact) mass is 837 g/mol. The second-order valence-electron chi connectivity index (χ2n) is 17.0. The lowest BCUT2D eigenvalue weighted by atomic mass is 9.78. The van der Waals surface area contributed by atoms with E-state index in [9.17, 15) is 0 Å². The van der Waals surface area contributed by atoms with Gasteiger partial charge in [-0.3, -0.25) is 4.98 Å². The molecule has 12 aromatic rings. The third-order valence-corrected chi connectivity index (χ3v) is 13.1. The minimum Gasteiger partial charge on any atom is -0.256 e. The Balaban J connectivity index is 1.06. The van der Waals surface area contributed by atoms with Crippen molar-refractivity contribution in [3.8, 4) is 89.0 Å². The highest BCUT2D eigenvalue weighted by molar-refractivity contribution is 6.21. The zero-order chi connectivity index (χ0) is 43.8. The zero-order valence-corrected chi connectivity index (χ0v) is 36.3. The Labute approximate surface area is 385 Å². The first kappa shape index (κ1) is 39.0. The van der Waals surface area contributed by atoms with Gasteiger partial charge in [-0.25, -0.2) is 0 Å². The van der Waals surface area contributed by atoms with E-state index in [1.54, 1.807) is 0 Å². The molecule has 0 fully saturated rings. The predicted octanol–water partition coefficient (Wildman–Crippen LogP) is 17.9. The second kappa shape index (κ2) is 16.8. The fourth-order valence-electron chi connectivity index (χ4n) is 10.1. The Bertz CT molecular complexity index is 3650. The molecule has 0 bridgehead atoms. The fraction of sp³-hybridized carbons (Fsp3) is 0. The summed E-state index contributed by atoms with van der Waals surface area (Å²) in [5, 5.41) is 6.07. The van der Waals surface area contributed by atoms with E-state index < -0.39 is 0 Å². The van der Waals surface area contributed by atoms with Gasteiger partial charge in [-0.05, 0) is 135 Å². The first-order chi connectivity index (χ1) is 32.8. The van der Waals surface area contributed by atoms with Crippen LogP contribution in [0.2, 0.25) is 0 Å². The third-order valence-electron chi connectivity index (χ3n) is 13.1. The normalized spacial score (nSPS) is 11.3. The van der Waals surface area contributed by atoms with Crippen molar-refractivity contribution in [2.75, 3.05) is 0 Å². The molecule has 1 heterocycles. The SMILES string of the molecule is c1ccc(-c2cc(-c3ccc(-c4c5ccccc5c(-c5cccc(-c6ccc7cccnc7c6)c5)c5ccccc45)cc3)c(-c3ccccc3)c(-c3ccccc3)c2-c2ccccc2)cc1. The third kappa shape index (κ3) is 6.95. The molecule has 0 N–H and O–H groups in total. The van der Waals surface area contributed by atoms with E-state index in [1.807, 2.05) is 12.3 Å². The molecule has 12 rings (SSSR count). The van der Waals surface area contributed by atoms with Crippen molar-refractivity contribution in [1.29, 1.82) is 0 Å². The topological polar surface area (TPSA) is 12.9 Å². The largest absolute Gasteiger partial charge is 0.256 e. The number of rotatable bonds is 8. The van der Waals surface area contributed by atoms with Gasteiger partial charge < -0.3 is 0 Å². The maximum Gasteiger partial charge on any atom is 0.0708 e. The predicted molar refractivity (Wildman–Crippen MR) is 280 cm³/mol. The summed E-state index contributed by atoms with van der Waals surface area (Å²) >= 11 is 0. The van der Waals surface area contributed by atoms with Gasteiger partial charge >= 0.3 is 0 Å². The minimum atomic E-state index is 1.00. The second-order valence-corrected chi connectivity index (χ2v) is 17.0. The Morgan fingerprint density at radius 2 is 0.591 bits per heavy atom. The molecular weight excluding hydrogens is 795 g/mol. The molecule has 0 atom stereocenters. The molecule has 0 amide bonds. The van der Waals surface area contributed by atoms with Crippen LogP contribution in [0.3, 0.4) is 0 Å². The molecule has 0 aliphatic rings. The molecule has 0 saturated heterocycles. The first-order valence-corrected chi connectivity index (χ1v) is 22.7. The van der Waals surface area contributed by atoms with Crippen LogP contribution < -0.4 is 0 Å². The van der Waals surface area contributed by atoms with E-state index in [2.05, 4.69) is 254 Å². The standard InChI is InChI=1S/C65H43N/c1-5-19-44(20-6-1)58-43-59(64(48-23-9-3-10-24-48)65(49-25-11-4-12-26-49)63(58)47-21-7-2-8-22-47)45-34-37-50(38-35-45)61-54-30-13-15-32-56(54)62(57-33-16-14-31-55(57)61)53-28-17-27-51(41-53)52-39-36-46-29-18-40-66-60(46)42-52/h1-43H. The lowest BCUT2D eigenvalue weighted by molar-refractivity contribution is 1.41.